The zero-order chi connectivity index (χ0) is 7.98. The van der Waals surface area contributed by atoms with E-state index in [-0.39, 0.29) is 12.6 Å². The summed E-state index contributed by atoms with van der Waals surface area (Å²) < 4.78 is 4.53. The molecule has 0 saturated carbocycles. The van der Waals surface area contributed by atoms with Crippen molar-refractivity contribution in [2.75, 3.05) is 12.9 Å². The highest BCUT2D eigenvalue weighted by Gasteiger charge is 2.06. The van der Waals surface area contributed by atoms with Crippen LogP contribution in [0.25, 0.3) is 0 Å². The first-order chi connectivity index (χ1) is 4.70. The van der Waals surface area contributed by atoms with Crippen LogP contribution in [-0.2, 0) is 9.53 Å². The Labute approximate surface area is 63.3 Å². The van der Waals surface area contributed by atoms with Crippen LogP contribution in [0.4, 0.5) is 0 Å². The average molecular weight is 163 g/mol. The maximum absolute atomic E-state index is 10.2. The number of carbonyl (C=O) groups is 1. The Balaban J connectivity index is 3.44. The van der Waals surface area contributed by atoms with Crippen LogP contribution in [0.15, 0.2) is 5.18 Å². The van der Waals surface area contributed by atoms with Crippen molar-refractivity contribution in [1.29, 1.82) is 0 Å². The quantitative estimate of drug-likeness (QED) is 0.458. The minimum Gasteiger partial charge on any atom is -0.463 e. The molecule has 0 heterocycles. The Morgan fingerprint density at radius 3 is 2.70 bits per heavy atom. The first-order valence-electron chi connectivity index (χ1n) is 2.69. The summed E-state index contributed by atoms with van der Waals surface area (Å²) in [6.07, 6.45) is 1.73. The first-order valence-corrected chi connectivity index (χ1v) is 3.98. The van der Waals surface area contributed by atoms with E-state index in [9.17, 15) is 9.70 Å². The third-order valence-electron chi connectivity index (χ3n) is 0.819. The van der Waals surface area contributed by atoms with Gasteiger partial charge in [-0.25, -0.2) is 0 Å². The Morgan fingerprint density at radius 2 is 2.40 bits per heavy atom. The van der Waals surface area contributed by atoms with Gasteiger partial charge in [0.2, 0.25) is 0 Å². The molecule has 0 aliphatic carbocycles. The Kier molecular flexibility index (Phi) is 4.92. The summed E-state index contributed by atoms with van der Waals surface area (Å²) in [5, 5.41) is 2.25. The lowest BCUT2D eigenvalue weighted by Crippen LogP contribution is -2.11. The molecule has 0 aliphatic heterocycles. The number of nitrogens with zero attached hydrogens (tertiary/aromatic N) is 1. The molecule has 4 nitrogen and oxygen atoms in total. The predicted molar refractivity (Wildman–Crippen MR) is 39.7 cm³/mol. The number of ether oxygens (including phenoxy) is 1. The molecule has 0 bridgehead atoms. The lowest BCUT2D eigenvalue weighted by atomic mass is 10.7. The van der Waals surface area contributed by atoms with E-state index < -0.39 is 5.37 Å². The lowest BCUT2D eigenvalue weighted by Gasteiger charge is -2.03. The van der Waals surface area contributed by atoms with Crippen LogP contribution in [0, 0.1) is 4.91 Å². The molecule has 0 amide bonds. The standard InChI is InChI=1S/C5H9NO3S/c1-4(7)9-3-5(6-8)10-2/h5H,3H2,1-2H3. The Bertz CT molecular complexity index is 128. The second kappa shape index (κ2) is 5.22. The van der Waals surface area contributed by atoms with Gasteiger partial charge in [0.15, 0.2) is 5.37 Å². The van der Waals surface area contributed by atoms with Crippen molar-refractivity contribution >= 4 is 17.7 Å². The average Bonchev–Trinajstić information content (AvgIpc) is 1.90. The monoisotopic (exact) mass is 163 g/mol. The number of carbonyl (C=O) groups excluding carboxylic acids is 1. The molecule has 0 fully saturated rings. The van der Waals surface area contributed by atoms with E-state index in [1.165, 1.54) is 18.7 Å². The maximum atomic E-state index is 10.2. The normalized spacial score (nSPS) is 12.2. The van der Waals surface area contributed by atoms with Gasteiger partial charge in [-0.3, -0.25) is 4.79 Å². The molecule has 0 radical (unpaired) electrons. The highest BCUT2D eigenvalue weighted by atomic mass is 32.2. The van der Waals surface area contributed by atoms with Crippen LogP contribution in [0.3, 0.4) is 0 Å². The first kappa shape index (κ1) is 9.42. The largest absolute Gasteiger partial charge is 0.463 e. The molecular formula is C5H9NO3S. The van der Waals surface area contributed by atoms with Crippen LogP contribution < -0.4 is 0 Å². The molecule has 1 atom stereocenters. The number of nitroso groups, excluding NO2 is 1. The van der Waals surface area contributed by atoms with E-state index in [1.807, 2.05) is 0 Å². The summed E-state index contributed by atoms with van der Waals surface area (Å²) >= 11 is 1.26. The minimum absolute atomic E-state index is 0.0694. The molecule has 58 valence electrons. The lowest BCUT2D eigenvalue weighted by molar-refractivity contribution is -0.140. The molecule has 0 N–H and O–H groups in total. The zero-order valence-electron chi connectivity index (χ0n) is 5.86. The van der Waals surface area contributed by atoms with E-state index in [0.29, 0.717) is 0 Å². The molecule has 0 aromatic heterocycles. The molecule has 0 aliphatic rings. The molecule has 10 heavy (non-hydrogen) atoms. The molecule has 0 spiro atoms. The third kappa shape index (κ3) is 4.31. The van der Waals surface area contributed by atoms with E-state index in [1.54, 1.807) is 6.26 Å². The fourth-order valence-electron chi connectivity index (χ4n) is 0.330. The molecule has 0 rings (SSSR count). The summed E-state index contributed by atoms with van der Waals surface area (Å²) in [6.45, 7) is 1.36. The van der Waals surface area contributed by atoms with Gasteiger partial charge in [-0.2, -0.15) is 0 Å². The van der Waals surface area contributed by atoms with Crippen molar-refractivity contribution in [3.8, 4) is 0 Å². The van der Waals surface area contributed by atoms with Gasteiger partial charge in [0, 0.05) is 6.92 Å². The van der Waals surface area contributed by atoms with Crippen molar-refractivity contribution in [2.24, 2.45) is 5.18 Å². The van der Waals surface area contributed by atoms with Crippen molar-refractivity contribution in [3.05, 3.63) is 4.91 Å². The smallest absolute Gasteiger partial charge is 0.302 e. The highest BCUT2D eigenvalue weighted by Crippen LogP contribution is 2.07. The number of rotatable bonds is 4. The van der Waals surface area contributed by atoms with Crippen LogP contribution >= 0.6 is 11.8 Å². The molecule has 0 aromatic rings. The SMILES string of the molecule is CSC(COC(C)=O)N=O. The molecule has 1 unspecified atom stereocenters. The molecule has 0 saturated heterocycles. The van der Waals surface area contributed by atoms with E-state index in [2.05, 4.69) is 9.91 Å². The fraction of sp³-hybridized carbons (Fsp3) is 0.800. The molecular weight excluding hydrogens is 154 g/mol. The van der Waals surface area contributed by atoms with Gasteiger partial charge in [0.25, 0.3) is 0 Å². The summed E-state index contributed by atoms with van der Waals surface area (Å²) in [6, 6.07) is 0. The Hall–Kier alpha value is -0.580. The van der Waals surface area contributed by atoms with Crippen LogP contribution in [0.1, 0.15) is 6.92 Å². The number of thioether (sulfide) groups is 1. The van der Waals surface area contributed by atoms with Gasteiger partial charge in [-0.1, -0.05) is 5.18 Å². The maximum Gasteiger partial charge on any atom is 0.302 e. The molecule has 5 heteroatoms. The van der Waals surface area contributed by atoms with Crippen LogP contribution in [0.2, 0.25) is 0 Å². The summed E-state index contributed by atoms with van der Waals surface area (Å²) in [4.78, 5) is 20.1. The summed E-state index contributed by atoms with van der Waals surface area (Å²) in [7, 11) is 0. The van der Waals surface area contributed by atoms with Gasteiger partial charge in [-0.05, 0) is 6.26 Å². The summed E-state index contributed by atoms with van der Waals surface area (Å²) in [5.74, 6) is -0.386. The van der Waals surface area contributed by atoms with Crippen molar-refractivity contribution in [1.82, 2.24) is 0 Å². The van der Waals surface area contributed by atoms with Crippen molar-refractivity contribution in [2.45, 2.75) is 12.3 Å². The minimum atomic E-state index is -0.469. The topological polar surface area (TPSA) is 55.7 Å². The zero-order valence-corrected chi connectivity index (χ0v) is 6.68. The summed E-state index contributed by atoms with van der Waals surface area (Å²) in [5.41, 5.74) is 0. The third-order valence-corrected chi connectivity index (χ3v) is 1.59. The van der Waals surface area contributed by atoms with E-state index >= 15 is 0 Å². The van der Waals surface area contributed by atoms with Gasteiger partial charge in [-0.15, -0.1) is 16.7 Å². The van der Waals surface area contributed by atoms with Crippen LogP contribution in [-0.4, -0.2) is 24.2 Å². The van der Waals surface area contributed by atoms with Gasteiger partial charge < -0.3 is 4.74 Å². The Morgan fingerprint density at radius 1 is 1.80 bits per heavy atom. The second-order valence-electron chi connectivity index (χ2n) is 1.60. The van der Waals surface area contributed by atoms with Crippen molar-refractivity contribution in [3.63, 3.8) is 0 Å². The highest BCUT2D eigenvalue weighted by molar-refractivity contribution is 7.99. The van der Waals surface area contributed by atoms with Crippen LogP contribution in [0.5, 0.6) is 0 Å². The van der Waals surface area contributed by atoms with Crippen molar-refractivity contribution < 1.29 is 9.53 Å². The van der Waals surface area contributed by atoms with E-state index in [0.717, 1.165) is 0 Å². The number of hydrogen-bond acceptors (Lipinski definition) is 5. The van der Waals surface area contributed by atoms with E-state index in [4.69, 9.17) is 0 Å². The van der Waals surface area contributed by atoms with Gasteiger partial charge in [0.05, 0.1) is 0 Å². The van der Waals surface area contributed by atoms with Gasteiger partial charge >= 0.3 is 5.97 Å². The number of esters is 1. The predicted octanol–water partition coefficient (Wildman–Crippen LogP) is 1.00. The fourth-order valence-corrected chi connectivity index (χ4v) is 0.620. The number of hydrogen-bond donors (Lipinski definition) is 0. The second-order valence-corrected chi connectivity index (χ2v) is 2.61. The molecule has 0 aromatic carbocycles. The van der Waals surface area contributed by atoms with Gasteiger partial charge in [0.1, 0.15) is 6.61 Å².